The van der Waals surface area contributed by atoms with Crippen molar-refractivity contribution in [3.05, 3.63) is 126 Å². The second-order valence-electron chi connectivity index (χ2n) is 8.18. The van der Waals surface area contributed by atoms with Crippen LogP contribution in [-0.4, -0.2) is 23.7 Å². The zero-order valence-electron chi connectivity index (χ0n) is 19.9. The van der Waals surface area contributed by atoms with E-state index in [0.29, 0.717) is 22.7 Å². The highest BCUT2D eigenvalue weighted by atomic mass is 127. The number of nitrogens with zero attached hydrogens (tertiary/aromatic N) is 1. The number of amidine groups is 1. The standard InChI is InChI=1S/C29H26N4O3.HI/c30-26(19-20-8-7-13-25(18-20)36-24-11-5-2-6-12-24)29(35)33(23-9-3-1-4-10-23)28(34)22-16-14-21(15-17-22)27(31)32;/h1-18,26H,19,30H2,(H3,31,32);1H. The molecule has 0 spiro atoms. The van der Waals surface area contributed by atoms with Crippen LogP contribution in [0.2, 0.25) is 0 Å². The molecule has 5 N–H and O–H groups in total. The lowest BCUT2D eigenvalue weighted by atomic mass is 10.0. The van der Waals surface area contributed by atoms with Crippen molar-refractivity contribution >= 4 is 47.3 Å². The number of hydrogen-bond acceptors (Lipinski definition) is 5. The van der Waals surface area contributed by atoms with Crippen LogP contribution in [0.4, 0.5) is 5.69 Å². The molecule has 0 heterocycles. The first kappa shape index (κ1) is 27.6. The van der Waals surface area contributed by atoms with Crippen molar-refractivity contribution in [2.24, 2.45) is 11.5 Å². The molecule has 1 unspecified atom stereocenters. The van der Waals surface area contributed by atoms with Crippen LogP contribution < -0.4 is 21.1 Å². The fourth-order valence-electron chi connectivity index (χ4n) is 3.71. The van der Waals surface area contributed by atoms with E-state index in [2.05, 4.69) is 0 Å². The second kappa shape index (κ2) is 12.8. The summed E-state index contributed by atoms with van der Waals surface area (Å²) in [6.07, 6.45) is 0.213. The Hall–Kier alpha value is -4.02. The summed E-state index contributed by atoms with van der Waals surface area (Å²) in [6.45, 7) is 0. The first-order valence-corrected chi connectivity index (χ1v) is 11.4. The van der Waals surface area contributed by atoms with E-state index in [1.165, 1.54) is 12.1 Å². The number of anilines is 1. The number of hydrogen-bond donors (Lipinski definition) is 3. The van der Waals surface area contributed by atoms with E-state index in [9.17, 15) is 9.59 Å². The molecular weight excluding hydrogens is 579 g/mol. The molecule has 0 radical (unpaired) electrons. The molecule has 4 aromatic carbocycles. The lowest BCUT2D eigenvalue weighted by Crippen LogP contribution is -2.48. The molecule has 188 valence electrons. The number of carbonyl (C=O) groups is 2. The third-order valence-corrected chi connectivity index (χ3v) is 5.53. The molecule has 0 saturated heterocycles. The van der Waals surface area contributed by atoms with E-state index in [0.717, 1.165) is 10.5 Å². The van der Waals surface area contributed by atoms with Crippen LogP contribution in [0.3, 0.4) is 0 Å². The number of para-hydroxylation sites is 2. The van der Waals surface area contributed by atoms with Gasteiger partial charge in [0, 0.05) is 11.1 Å². The van der Waals surface area contributed by atoms with Crippen LogP contribution in [0.1, 0.15) is 21.5 Å². The number of nitrogens with one attached hydrogen (secondary N) is 1. The smallest absolute Gasteiger partial charge is 0.265 e. The minimum Gasteiger partial charge on any atom is -0.457 e. The number of amides is 2. The van der Waals surface area contributed by atoms with Gasteiger partial charge in [-0.25, -0.2) is 4.90 Å². The van der Waals surface area contributed by atoms with Gasteiger partial charge in [0.1, 0.15) is 17.3 Å². The van der Waals surface area contributed by atoms with Gasteiger partial charge in [0.05, 0.1) is 11.7 Å². The van der Waals surface area contributed by atoms with Gasteiger partial charge >= 0.3 is 0 Å². The van der Waals surface area contributed by atoms with E-state index < -0.39 is 17.9 Å². The zero-order chi connectivity index (χ0) is 25.5. The van der Waals surface area contributed by atoms with Gasteiger partial charge in [0.2, 0.25) is 0 Å². The summed E-state index contributed by atoms with van der Waals surface area (Å²) in [6, 6.07) is 30.6. The van der Waals surface area contributed by atoms with E-state index in [1.54, 1.807) is 42.5 Å². The summed E-state index contributed by atoms with van der Waals surface area (Å²) in [4.78, 5) is 28.0. The van der Waals surface area contributed by atoms with Gasteiger partial charge in [0.25, 0.3) is 11.8 Å². The zero-order valence-corrected chi connectivity index (χ0v) is 22.2. The molecule has 4 rings (SSSR count). The highest BCUT2D eigenvalue weighted by Gasteiger charge is 2.29. The maximum atomic E-state index is 13.5. The fraction of sp³-hybridized carbons (Fsp3) is 0.0690. The number of halogens is 1. The average molecular weight is 606 g/mol. The molecule has 0 aliphatic carbocycles. The number of nitrogen functional groups attached to an aromatic ring is 1. The van der Waals surface area contributed by atoms with Gasteiger partial charge in [-0.3, -0.25) is 15.0 Å². The van der Waals surface area contributed by atoms with Gasteiger partial charge in [0.15, 0.2) is 0 Å². The molecule has 0 saturated carbocycles. The molecule has 0 aliphatic heterocycles. The topological polar surface area (TPSA) is 122 Å². The van der Waals surface area contributed by atoms with Gasteiger partial charge in [-0.15, -0.1) is 24.0 Å². The van der Waals surface area contributed by atoms with Gasteiger partial charge in [-0.05, 0) is 60.5 Å². The Labute approximate surface area is 232 Å². The molecule has 0 aliphatic rings. The molecule has 7 nitrogen and oxygen atoms in total. The Bertz CT molecular complexity index is 1360. The van der Waals surface area contributed by atoms with Gasteiger partial charge in [-0.1, -0.05) is 60.7 Å². The van der Waals surface area contributed by atoms with E-state index in [1.807, 2.05) is 54.6 Å². The average Bonchev–Trinajstić information content (AvgIpc) is 2.90. The van der Waals surface area contributed by atoms with Crippen molar-refractivity contribution in [1.82, 2.24) is 0 Å². The SMILES string of the molecule is I.N=C(N)c1ccc(C(=O)N(C(=O)C(N)Cc2cccc(Oc3ccccc3)c2)c2ccccc2)cc1. The number of ether oxygens (including phenoxy) is 1. The number of nitrogens with two attached hydrogens (primary N) is 2. The van der Waals surface area contributed by atoms with Crippen LogP contribution in [0.5, 0.6) is 11.5 Å². The third-order valence-electron chi connectivity index (χ3n) is 5.53. The van der Waals surface area contributed by atoms with Crippen LogP contribution in [0, 0.1) is 5.41 Å². The maximum absolute atomic E-state index is 13.5. The van der Waals surface area contributed by atoms with Crippen LogP contribution in [0.25, 0.3) is 0 Å². The second-order valence-corrected chi connectivity index (χ2v) is 8.18. The number of imide groups is 1. The van der Waals surface area contributed by atoms with Gasteiger partial charge in [-0.2, -0.15) is 0 Å². The first-order chi connectivity index (χ1) is 17.4. The molecule has 4 aromatic rings. The summed E-state index contributed by atoms with van der Waals surface area (Å²) in [5.41, 5.74) is 13.8. The highest BCUT2D eigenvalue weighted by molar-refractivity contribution is 14.0. The van der Waals surface area contributed by atoms with E-state index in [-0.39, 0.29) is 41.8 Å². The quantitative estimate of drug-likeness (QED) is 0.146. The Kier molecular flexibility index (Phi) is 9.53. The number of benzene rings is 4. The summed E-state index contributed by atoms with van der Waals surface area (Å²) in [5, 5.41) is 7.54. The molecule has 2 amide bonds. The summed E-state index contributed by atoms with van der Waals surface area (Å²) in [5.74, 6) is 0.172. The van der Waals surface area contributed by atoms with Crippen molar-refractivity contribution < 1.29 is 14.3 Å². The highest BCUT2D eigenvalue weighted by Crippen LogP contribution is 2.23. The summed E-state index contributed by atoms with van der Waals surface area (Å²) >= 11 is 0. The molecule has 0 aromatic heterocycles. The molecular formula is C29H27IN4O3. The van der Waals surface area contributed by atoms with Crippen molar-refractivity contribution in [3.8, 4) is 11.5 Å². The van der Waals surface area contributed by atoms with Crippen molar-refractivity contribution in [3.63, 3.8) is 0 Å². The minimum atomic E-state index is -0.974. The normalized spacial score (nSPS) is 11.1. The minimum absolute atomic E-state index is 0. The summed E-state index contributed by atoms with van der Waals surface area (Å²) < 4.78 is 5.89. The Morgan fingerprint density at radius 3 is 1.97 bits per heavy atom. The van der Waals surface area contributed by atoms with E-state index in [4.69, 9.17) is 21.6 Å². The predicted octanol–water partition coefficient (Wildman–Crippen LogP) is 5.12. The van der Waals surface area contributed by atoms with E-state index >= 15 is 0 Å². The summed E-state index contributed by atoms with van der Waals surface area (Å²) in [7, 11) is 0. The largest absolute Gasteiger partial charge is 0.457 e. The lowest BCUT2D eigenvalue weighted by molar-refractivity contribution is -0.119. The third kappa shape index (κ3) is 7.02. The number of rotatable bonds is 8. The molecule has 0 fully saturated rings. The number of carbonyl (C=O) groups excluding carboxylic acids is 2. The van der Waals surface area contributed by atoms with Crippen molar-refractivity contribution in [2.45, 2.75) is 12.5 Å². The first-order valence-electron chi connectivity index (χ1n) is 11.4. The van der Waals surface area contributed by atoms with Crippen LogP contribution >= 0.6 is 24.0 Å². The maximum Gasteiger partial charge on any atom is 0.265 e. The van der Waals surface area contributed by atoms with Gasteiger partial charge < -0.3 is 16.2 Å². The predicted molar refractivity (Wildman–Crippen MR) is 156 cm³/mol. The Morgan fingerprint density at radius 2 is 1.35 bits per heavy atom. The molecule has 0 bridgehead atoms. The fourth-order valence-corrected chi connectivity index (χ4v) is 3.71. The monoisotopic (exact) mass is 606 g/mol. The Morgan fingerprint density at radius 1 is 0.784 bits per heavy atom. The molecule has 8 heteroatoms. The van der Waals surface area contributed by atoms with Crippen LogP contribution in [-0.2, 0) is 11.2 Å². The lowest BCUT2D eigenvalue weighted by Gasteiger charge is -2.24. The van der Waals surface area contributed by atoms with Crippen molar-refractivity contribution in [1.29, 1.82) is 5.41 Å². The van der Waals surface area contributed by atoms with Crippen LogP contribution in [0.15, 0.2) is 109 Å². The molecule has 37 heavy (non-hydrogen) atoms. The Balaban J connectivity index is 0.00000380. The van der Waals surface area contributed by atoms with Crippen molar-refractivity contribution in [2.75, 3.05) is 4.90 Å². The molecule has 1 atom stereocenters.